The van der Waals surface area contributed by atoms with Crippen LogP contribution in [0.4, 0.5) is 5.69 Å². The molecule has 1 N–H and O–H groups in total. The molecule has 40 heavy (non-hydrogen) atoms. The Kier molecular flexibility index (Phi) is 10.3. The Morgan fingerprint density at radius 1 is 0.875 bits per heavy atom. The van der Waals surface area contributed by atoms with E-state index in [4.69, 9.17) is 4.74 Å². The number of ether oxygens (including phenoxy) is 1. The maximum atomic E-state index is 14.1. The zero-order valence-electron chi connectivity index (χ0n) is 23.8. The Labute approximate surface area is 238 Å². The summed E-state index contributed by atoms with van der Waals surface area (Å²) in [5.41, 5.74) is 0.559. The van der Waals surface area contributed by atoms with Gasteiger partial charge < -0.3 is 15.0 Å². The van der Waals surface area contributed by atoms with Gasteiger partial charge >= 0.3 is 0 Å². The molecule has 3 aromatic carbocycles. The second-order valence-corrected chi connectivity index (χ2v) is 12.3. The Hall–Kier alpha value is -3.85. The fourth-order valence-corrected chi connectivity index (χ4v) is 5.77. The second kappa shape index (κ2) is 13.5. The van der Waals surface area contributed by atoms with Crippen molar-refractivity contribution < 1.29 is 22.7 Å². The largest absolute Gasteiger partial charge is 0.492 e. The molecule has 0 aromatic heterocycles. The van der Waals surface area contributed by atoms with E-state index >= 15 is 0 Å². The standard InChI is InChI=1S/C31H39N3O5S/c1-6-26(30(36)32-31(3,4)5)33(22-24-16-10-8-11-17-24)29(35)23-34(27-20-14-15-21-28(27)39-7-2)40(37,38)25-18-12-9-13-19-25/h8-21,26H,6-7,22-23H2,1-5H3,(H,32,36)/t26-/m0/s1. The van der Waals surface area contributed by atoms with Crippen LogP contribution in [0.15, 0.2) is 89.8 Å². The highest BCUT2D eigenvalue weighted by atomic mass is 32.2. The van der Waals surface area contributed by atoms with Crippen molar-refractivity contribution in [2.24, 2.45) is 0 Å². The Morgan fingerprint density at radius 2 is 1.45 bits per heavy atom. The number of para-hydroxylation sites is 2. The van der Waals surface area contributed by atoms with E-state index in [2.05, 4.69) is 5.32 Å². The number of rotatable bonds is 12. The lowest BCUT2D eigenvalue weighted by molar-refractivity contribution is -0.141. The third-order valence-corrected chi connectivity index (χ3v) is 7.90. The first kappa shape index (κ1) is 30.7. The SMILES string of the molecule is CCOc1ccccc1N(CC(=O)N(Cc1ccccc1)[C@@H](CC)C(=O)NC(C)(C)C)S(=O)(=O)c1ccccc1. The van der Waals surface area contributed by atoms with Gasteiger partial charge in [0.05, 0.1) is 17.2 Å². The van der Waals surface area contributed by atoms with Crippen LogP contribution in [0.3, 0.4) is 0 Å². The van der Waals surface area contributed by atoms with Crippen molar-refractivity contribution in [3.05, 3.63) is 90.5 Å². The summed E-state index contributed by atoms with van der Waals surface area (Å²) in [4.78, 5) is 29.0. The molecule has 3 rings (SSSR count). The molecule has 9 heteroatoms. The van der Waals surface area contributed by atoms with Crippen LogP contribution in [0.2, 0.25) is 0 Å². The topological polar surface area (TPSA) is 96.0 Å². The summed E-state index contributed by atoms with van der Waals surface area (Å²) >= 11 is 0. The fourth-order valence-electron chi connectivity index (χ4n) is 4.33. The van der Waals surface area contributed by atoms with Crippen LogP contribution in [0.25, 0.3) is 0 Å². The van der Waals surface area contributed by atoms with Gasteiger partial charge in [0.25, 0.3) is 10.0 Å². The first-order valence-electron chi connectivity index (χ1n) is 13.4. The fraction of sp³-hybridized carbons (Fsp3) is 0.355. The lowest BCUT2D eigenvalue weighted by Gasteiger charge is -2.35. The van der Waals surface area contributed by atoms with Crippen LogP contribution in [0.1, 0.15) is 46.6 Å². The minimum absolute atomic E-state index is 0.0428. The van der Waals surface area contributed by atoms with Gasteiger partial charge in [-0.25, -0.2) is 8.42 Å². The summed E-state index contributed by atoms with van der Waals surface area (Å²) < 4.78 is 34.8. The summed E-state index contributed by atoms with van der Waals surface area (Å²) in [6.07, 6.45) is 0.349. The molecule has 0 bridgehead atoms. The predicted molar refractivity (Wildman–Crippen MR) is 158 cm³/mol. The molecule has 1 atom stereocenters. The van der Waals surface area contributed by atoms with E-state index in [1.165, 1.54) is 17.0 Å². The van der Waals surface area contributed by atoms with Crippen LogP contribution in [0.5, 0.6) is 5.75 Å². The Morgan fingerprint density at radius 3 is 2.02 bits per heavy atom. The normalized spacial score (nSPS) is 12.3. The van der Waals surface area contributed by atoms with Crippen LogP contribution in [0, 0.1) is 0 Å². The molecule has 0 aliphatic heterocycles. The molecule has 0 spiro atoms. The van der Waals surface area contributed by atoms with Crippen LogP contribution in [-0.2, 0) is 26.2 Å². The number of carbonyl (C=O) groups excluding carboxylic acids is 2. The molecule has 0 radical (unpaired) electrons. The van der Waals surface area contributed by atoms with E-state index in [0.29, 0.717) is 18.8 Å². The number of hydrogen-bond acceptors (Lipinski definition) is 5. The monoisotopic (exact) mass is 565 g/mol. The van der Waals surface area contributed by atoms with Crippen molar-refractivity contribution >= 4 is 27.5 Å². The lowest BCUT2D eigenvalue weighted by Crippen LogP contribution is -2.55. The van der Waals surface area contributed by atoms with Gasteiger partial charge in [0.1, 0.15) is 18.3 Å². The van der Waals surface area contributed by atoms with E-state index in [0.717, 1.165) is 9.87 Å². The maximum Gasteiger partial charge on any atom is 0.264 e. The number of sulfonamides is 1. The Bertz CT molecular complexity index is 1370. The van der Waals surface area contributed by atoms with Crippen molar-refractivity contribution in [2.45, 2.75) is 64.1 Å². The summed E-state index contributed by atoms with van der Waals surface area (Å²) in [7, 11) is -4.17. The van der Waals surface area contributed by atoms with Gasteiger partial charge in [-0.2, -0.15) is 0 Å². The Balaban J connectivity index is 2.10. The molecule has 0 aliphatic rings. The summed E-state index contributed by atoms with van der Waals surface area (Å²) in [5, 5.41) is 2.97. The van der Waals surface area contributed by atoms with Gasteiger partial charge in [0, 0.05) is 12.1 Å². The summed E-state index contributed by atoms with van der Waals surface area (Å²) in [6.45, 7) is 9.20. The summed E-state index contributed by atoms with van der Waals surface area (Å²) in [5.74, 6) is -0.471. The molecular formula is C31H39N3O5S. The van der Waals surface area contributed by atoms with Crippen LogP contribution >= 0.6 is 0 Å². The number of amides is 2. The highest BCUT2D eigenvalue weighted by Crippen LogP contribution is 2.33. The molecule has 0 saturated carbocycles. The van der Waals surface area contributed by atoms with E-state index in [1.807, 2.05) is 58.0 Å². The van der Waals surface area contributed by atoms with Gasteiger partial charge in [-0.1, -0.05) is 67.6 Å². The van der Waals surface area contributed by atoms with Gasteiger partial charge in [0.2, 0.25) is 11.8 Å². The van der Waals surface area contributed by atoms with E-state index in [-0.39, 0.29) is 23.0 Å². The van der Waals surface area contributed by atoms with Crippen LogP contribution < -0.4 is 14.4 Å². The number of nitrogens with one attached hydrogen (secondary N) is 1. The smallest absolute Gasteiger partial charge is 0.264 e. The quantitative estimate of drug-likeness (QED) is 0.333. The van der Waals surface area contributed by atoms with E-state index in [9.17, 15) is 18.0 Å². The van der Waals surface area contributed by atoms with Crippen molar-refractivity contribution in [3.63, 3.8) is 0 Å². The highest BCUT2D eigenvalue weighted by molar-refractivity contribution is 7.92. The molecule has 0 unspecified atom stereocenters. The second-order valence-electron chi connectivity index (χ2n) is 10.4. The number of carbonyl (C=O) groups is 2. The lowest BCUT2D eigenvalue weighted by atomic mass is 10.1. The van der Waals surface area contributed by atoms with Crippen molar-refractivity contribution in [1.82, 2.24) is 10.2 Å². The number of hydrogen-bond donors (Lipinski definition) is 1. The highest BCUT2D eigenvalue weighted by Gasteiger charge is 2.35. The number of benzene rings is 3. The van der Waals surface area contributed by atoms with Crippen LogP contribution in [-0.4, -0.2) is 49.9 Å². The third kappa shape index (κ3) is 7.85. The van der Waals surface area contributed by atoms with Gasteiger partial charge in [-0.05, 0) is 63.9 Å². The third-order valence-electron chi connectivity index (χ3n) is 6.12. The minimum Gasteiger partial charge on any atom is -0.492 e. The zero-order chi connectivity index (χ0) is 29.3. The average Bonchev–Trinajstić information content (AvgIpc) is 2.92. The van der Waals surface area contributed by atoms with Crippen molar-refractivity contribution in [3.8, 4) is 5.75 Å². The summed E-state index contributed by atoms with van der Waals surface area (Å²) in [6, 6.07) is 23.2. The maximum absolute atomic E-state index is 14.1. The molecule has 0 fully saturated rings. The molecule has 8 nitrogen and oxygen atoms in total. The molecule has 0 aliphatic carbocycles. The molecular weight excluding hydrogens is 526 g/mol. The molecule has 3 aromatic rings. The van der Waals surface area contributed by atoms with Gasteiger partial charge in [-0.3, -0.25) is 13.9 Å². The minimum atomic E-state index is -4.17. The molecule has 214 valence electrons. The predicted octanol–water partition coefficient (Wildman–Crippen LogP) is 5.00. The van der Waals surface area contributed by atoms with Gasteiger partial charge in [-0.15, -0.1) is 0 Å². The zero-order valence-corrected chi connectivity index (χ0v) is 24.6. The number of nitrogens with zero attached hydrogens (tertiary/aromatic N) is 2. The molecule has 0 heterocycles. The van der Waals surface area contributed by atoms with Crippen molar-refractivity contribution in [1.29, 1.82) is 0 Å². The van der Waals surface area contributed by atoms with Gasteiger partial charge in [0.15, 0.2) is 0 Å². The molecule has 2 amide bonds. The first-order chi connectivity index (χ1) is 19.0. The first-order valence-corrected chi connectivity index (χ1v) is 14.9. The average molecular weight is 566 g/mol. The molecule has 0 saturated heterocycles. The van der Waals surface area contributed by atoms with E-state index in [1.54, 1.807) is 49.4 Å². The van der Waals surface area contributed by atoms with E-state index < -0.39 is 34.1 Å². The number of anilines is 1. The van der Waals surface area contributed by atoms with Crippen molar-refractivity contribution in [2.75, 3.05) is 17.5 Å².